The molecule has 0 saturated carbocycles. The highest BCUT2D eigenvalue weighted by atomic mass is 19.3. The molecular weight excluding hydrogens is 312 g/mol. The first-order valence-electron chi connectivity index (χ1n) is 6.79. The minimum Gasteiger partial charge on any atom is -0.382 e. The predicted octanol–water partition coefficient (Wildman–Crippen LogP) is 4.49. The number of alkyl halides is 4. The summed E-state index contributed by atoms with van der Waals surface area (Å²) in [5.74, 6) is -4.70. The summed E-state index contributed by atoms with van der Waals surface area (Å²) in [6.45, 7) is 0.538. The molecule has 0 aliphatic rings. The first kappa shape index (κ1) is 17.1. The molecular formula is C17H14F4O2. The number of aliphatic hydroxyl groups excluding tert-OH is 1. The lowest BCUT2D eigenvalue weighted by Crippen LogP contribution is -2.24. The molecule has 2 aromatic rings. The smallest absolute Gasteiger partial charge is 0.307 e. The molecule has 23 heavy (non-hydrogen) atoms. The molecule has 0 amide bonds. The van der Waals surface area contributed by atoms with Crippen LogP contribution in [0.15, 0.2) is 48.5 Å². The molecule has 0 radical (unpaired) electrons. The predicted molar refractivity (Wildman–Crippen MR) is 77.8 cm³/mol. The van der Waals surface area contributed by atoms with Crippen LogP contribution in [0.2, 0.25) is 0 Å². The number of hydrogen-bond acceptors (Lipinski definition) is 2. The van der Waals surface area contributed by atoms with Crippen molar-refractivity contribution in [3.05, 3.63) is 59.7 Å². The van der Waals surface area contributed by atoms with Crippen molar-refractivity contribution in [2.24, 2.45) is 0 Å². The van der Waals surface area contributed by atoms with Crippen LogP contribution in [0.25, 0.3) is 11.1 Å². The summed E-state index contributed by atoms with van der Waals surface area (Å²) in [5.41, 5.74) is 1.27. The first-order chi connectivity index (χ1) is 10.7. The lowest BCUT2D eigenvalue weighted by atomic mass is 9.99. The molecule has 122 valence electrons. The van der Waals surface area contributed by atoms with Gasteiger partial charge in [-0.2, -0.15) is 8.78 Å². The van der Waals surface area contributed by atoms with E-state index in [9.17, 15) is 27.5 Å². The zero-order valence-corrected chi connectivity index (χ0v) is 12.1. The summed E-state index contributed by atoms with van der Waals surface area (Å²) in [7, 11) is 0. The molecule has 0 unspecified atom stereocenters. The highest BCUT2D eigenvalue weighted by Crippen LogP contribution is 2.26. The molecule has 0 aromatic heterocycles. The van der Waals surface area contributed by atoms with Crippen molar-refractivity contribution in [1.29, 1.82) is 0 Å². The van der Waals surface area contributed by atoms with E-state index in [1.54, 1.807) is 0 Å². The van der Waals surface area contributed by atoms with Gasteiger partial charge in [-0.1, -0.05) is 48.5 Å². The minimum atomic E-state index is -3.44. The van der Waals surface area contributed by atoms with Crippen molar-refractivity contribution in [3.63, 3.8) is 0 Å². The molecule has 2 rings (SSSR count). The van der Waals surface area contributed by atoms with Gasteiger partial charge in [0.25, 0.3) is 6.43 Å². The van der Waals surface area contributed by atoms with Crippen molar-refractivity contribution < 1.29 is 27.5 Å². The molecule has 6 heteroatoms. The van der Waals surface area contributed by atoms with Crippen LogP contribution in [0.4, 0.5) is 17.6 Å². The van der Waals surface area contributed by atoms with E-state index in [1.807, 2.05) is 0 Å². The van der Waals surface area contributed by atoms with Gasteiger partial charge >= 0.3 is 5.92 Å². The van der Waals surface area contributed by atoms with E-state index in [2.05, 4.69) is 0 Å². The number of carbonyl (C=O) groups is 1. The average Bonchev–Trinajstić information content (AvgIpc) is 2.53. The second-order valence-electron chi connectivity index (χ2n) is 5.20. The zero-order chi connectivity index (χ0) is 17.2. The lowest BCUT2D eigenvalue weighted by molar-refractivity contribution is -0.00577. The molecule has 2 aromatic carbocycles. The number of Topliss-reactive ketones (excluding diaryl/α,β-unsaturated/α-hetero) is 1. The highest BCUT2D eigenvalue weighted by Gasteiger charge is 2.32. The Hall–Kier alpha value is -2.21. The second-order valence-corrected chi connectivity index (χ2v) is 5.20. The fraction of sp³-hybridized carbons (Fsp3) is 0.235. The molecule has 1 atom stereocenters. The highest BCUT2D eigenvalue weighted by molar-refractivity contribution is 6.01. The van der Waals surface area contributed by atoms with Crippen molar-refractivity contribution in [3.8, 4) is 11.1 Å². The molecule has 0 bridgehead atoms. The van der Waals surface area contributed by atoms with Gasteiger partial charge in [0.05, 0.1) is 0 Å². The molecule has 0 fully saturated rings. The summed E-state index contributed by atoms with van der Waals surface area (Å²) in [6, 6.07) is 11.4. The molecule has 1 N–H and O–H groups in total. The number of benzene rings is 2. The van der Waals surface area contributed by atoms with E-state index in [0.29, 0.717) is 18.1 Å². The van der Waals surface area contributed by atoms with Gasteiger partial charge in [-0.15, -0.1) is 0 Å². The van der Waals surface area contributed by atoms with Crippen LogP contribution in [0.5, 0.6) is 0 Å². The summed E-state index contributed by atoms with van der Waals surface area (Å²) in [6.07, 6.45) is -4.72. The average molecular weight is 326 g/mol. The third-order valence-electron chi connectivity index (χ3n) is 3.37. The number of halogens is 4. The number of ketones is 1. The van der Waals surface area contributed by atoms with Crippen molar-refractivity contribution >= 4 is 5.78 Å². The van der Waals surface area contributed by atoms with Crippen molar-refractivity contribution in [2.75, 3.05) is 0 Å². The van der Waals surface area contributed by atoms with Crippen molar-refractivity contribution in [2.45, 2.75) is 25.4 Å². The molecule has 0 aliphatic heterocycles. The maximum atomic E-state index is 13.0. The van der Waals surface area contributed by atoms with E-state index >= 15 is 0 Å². The molecule has 2 nitrogen and oxygen atoms in total. The van der Waals surface area contributed by atoms with Gasteiger partial charge in [0.1, 0.15) is 6.10 Å². The van der Waals surface area contributed by atoms with E-state index in [4.69, 9.17) is 0 Å². The van der Waals surface area contributed by atoms with Gasteiger partial charge in [0, 0.05) is 12.5 Å². The fourth-order valence-corrected chi connectivity index (χ4v) is 2.09. The monoisotopic (exact) mass is 326 g/mol. The maximum absolute atomic E-state index is 13.0. The largest absolute Gasteiger partial charge is 0.382 e. The SMILES string of the molecule is CC(F)(F)C(=O)c1ccc(-c2ccc([C@@H](O)C(F)F)cc2)cc1. The first-order valence-corrected chi connectivity index (χ1v) is 6.79. The van der Waals surface area contributed by atoms with Crippen LogP contribution in [0.1, 0.15) is 28.9 Å². The third kappa shape index (κ3) is 3.96. The quantitative estimate of drug-likeness (QED) is 0.649. The van der Waals surface area contributed by atoms with Crippen LogP contribution >= 0.6 is 0 Å². The minimum absolute atomic E-state index is 0.0844. The van der Waals surface area contributed by atoms with Crippen LogP contribution in [0.3, 0.4) is 0 Å². The summed E-state index contributed by atoms with van der Waals surface area (Å²) in [4.78, 5) is 11.4. The Kier molecular flexibility index (Phi) is 4.85. The maximum Gasteiger partial charge on any atom is 0.307 e. The van der Waals surface area contributed by atoms with E-state index in [-0.39, 0.29) is 11.1 Å². The Morgan fingerprint density at radius 3 is 1.78 bits per heavy atom. The Bertz CT molecular complexity index is 673. The zero-order valence-electron chi connectivity index (χ0n) is 12.1. The molecule has 0 aliphatic carbocycles. The summed E-state index contributed by atoms with van der Waals surface area (Å²) in [5, 5.41) is 9.27. The summed E-state index contributed by atoms with van der Waals surface area (Å²) >= 11 is 0. The number of aliphatic hydroxyl groups is 1. The number of rotatable bonds is 5. The van der Waals surface area contributed by atoms with Crippen LogP contribution in [0, 0.1) is 0 Å². The molecule has 0 saturated heterocycles. The summed E-state index contributed by atoms with van der Waals surface area (Å²) < 4.78 is 50.8. The topological polar surface area (TPSA) is 37.3 Å². The van der Waals surface area contributed by atoms with Gasteiger partial charge in [0.2, 0.25) is 5.78 Å². The Labute approximate surface area is 130 Å². The second kappa shape index (κ2) is 6.50. The third-order valence-corrected chi connectivity index (χ3v) is 3.37. The van der Waals surface area contributed by atoms with Crippen LogP contribution < -0.4 is 0 Å². The normalized spacial score (nSPS) is 13.2. The van der Waals surface area contributed by atoms with Gasteiger partial charge in [-0.05, 0) is 16.7 Å². The lowest BCUT2D eigenvalue weighted by Gasteiger charge is -2.11. The number of carbonyl (C=O) groups excluding carboxylic acids is 1. The van der Waals surface area contributed by atoms with Crippen LogP contribution in [-0.4, -0.2) is 23.2 Å². The Morgan fingerprint density at radius 1 is 0.957 bits per heavy atom. The standard InChI is InChI=1S/C17H14F4O2/c1-17(20,21)15(23)13-8-4-11(5-9-13)10-2-6-12(7-3-10)14(22)16(18)19/h2-9,14,16,22H,1H3/t14-/m1/s1. The van der Waals surface area contributed by atoms with E-state index in [1.165, 1.54) is 48.5 Å². The Morgan fingerprint density at radius 2 is 1.39 bits per heavy atom. The fourth-order valence-electron chi connectivity index (χ4n) is 2.09. The van der Waals surface area contributed by atoms with E-state index in [0.717, 1.165) is 0 Å². The van der Waals surface area contributed by atoms with Gasteiger partial charge < -0.3 is 5.11 Å². The molecule has 0 spiro atoms. The van der Waals surface area contributed by atoms with Gasteiger partial charge in [-0.3, -0.25) is 4.79 Å². The molecule has 0 heterocycles. The van der Waals surface area contributed by atoms with Crippen molar-refractivity contribution in [1.82, 2.24) is 0 Å². The van der Waals surface area contributed by atoms with Gasteiger partial charge in [-0.25, -0.2) is 8.78 Å². The number of hydrogen-bond donors (Lipinski definition) is 1. The van der Waals surface area contributed by atoms with Crippen LogP contribution in [-0.2, 0) is 0 Å². The Balaban J connectivity index is 2.22. The van der Waals surface area contributed by atoms with Gasteiger partial charge in [0.15, 0.2) is 0 Å². The van der Waals surface area contributed by atoms with E-state index < -0.39 is 24.2 Å².